The highest BCUT2D eigenvalue weighted by atomic mass is 16.5. The zero-order valence-electron chi connectivity index (χ0n) is 19.7. The lowest BCUT2D eigenvalue weighted by Crippen LogP contribution is -2.47. The van der Waals surface area contributed by atoms with E-state index in [0.717, 1.165) is 49.8 Å². The monoisotopic (exact) mass is 453 g/mol. The fourth-order valence-corrected chi connectivity index (χ4v) is 5.06. The minimum absolute atomic E-state index is 0.0672. The van der Waals surface area contributed by atoms with E-state index >= 15 is 0 Å². The van der Waals surface area contributed by atoms with Crippen molar-refractivity contribution in [2.24, 2.45) is 11.8 Å². The van der Waals surface area contributed by atoms with Crippen molar-refractivity contribution in [3.63, 3.8) is 0 Å². The summed E-state index contributed by atoms with van der Waals surface area (Å²) in [4.78, 5) is 28.3. The maximum atomic E-state index is 13.9. The first-order valence-electron chi connectivity index (χ1n) is 12.3. The number of H-pyrrole nitrogens is 1. The van der Waals surface area contributed by atoms with Crippen LogP contribution >= 0.6 is 0 Å². The highest BCUT2D eigenvalue weighted by Gasteiger charge is 2.34. The molecule has 2 aromatic rings. The molecule has 0 spiro atoms. The van der Waals surface area contributed by atoms with Gasteiger partial charge in [-0.2, -0.15) is 5.10 Å². The predicted octanol–water partition coefficient (Wildman–Crippen LogP) is 4.52. The number of aromatic nitrogens is 2. The van der Waals surface area contributed by atoms with Crippen LogP contribution in [-0.2, 0) is 20.7 Å². The molecule has 33 heavy (non-hydrogen) atoms. The van der Waals surface area contributed by atoms with Crippen LogP contribution in [0.2, 0.25) is 0 Å². The summed E-state index contributed by atoms with van der Waals surface area (Å²) in [7, 11) is 0. The van der Waals surface area contributed by atoms with Gasteiger partial charge in [0.25, 0.3) is 0 Å². The molecule has 1 aromatic heterocycles. The molecule has 1 saturated carbocycles. The van der Waals surface area contributed by atoms with Crippen LogP contribution in [0.25, 0.3) is 0 Å². The number of rotatable bonds is 7. The molecule has 1 saturated heterocycles. The Bertz CT molecular complexity index is 943. The van der Waals surface area contributed by atoms with E-state index in [4.69, 9.17) is 9.47 Å². The number of anilines is 1. The van der Waals surface area contributed by atoms with E-state index in [1.807, 2.05) is 24.3 Å². The van der Waals surface area contributed by atoms with Gasteiger partial charge in [-0.1, -0.05) is 25.1 Å². The average molecular weight is 454 g/mol. The predicted molar refractivity (Wildman–Crippen MR) is 126 cm³/mol. The van der Waals surface area contributed by atoms with Crippen LogP contribution < -0.4 is 4.90 Å². The number of ether oxygens (including phenoxy) is 2. The summed E-state index contributed by atoms with van der Waals surface area (Å²) < 4.78 is 10.8. The molecule has 2 aliphatic rings. The van der Waals surface area contributed by atoms with Gasteiger partial charge in [-0.15, -0.1) is 0 Å². The lowest BCUT2D eigenvalue weighted by molar-refractivity contribution is -0.124. The number of aromatic amines is 1. The average Bonchev–Trinajstić information content (AvgIpc) is 3.30. The quantitative estimate of drug-likeness (QED) is 0.623. The van der Waals surface area contributed by atoms with Crippen LogP contribution in [0.3, 0.4) is 0 Å². The first-order valence-corrected chi connectivity index (χ1v) is 12.3. The summed E-state index contributed by atoms with van der Waals surface area (Å²) >= 11 is 0. The second-order valence-electron chi connectivity index (χ2n) is 9.28. The van der Waals surface area contributed by atoms with Crippen molar-refractivity contribution in [1.29, 1.82) is 0 Å². The van der Waals surface area contributed by atoms with Crippen molar-refractivity contribution in [1.82, 2.24) is 10.2 Å². The fourth-order valence-electron chi connectivity index (χ4n) is 5.06. The van der Waals surface area contributed by atoms with Crippen molar-refractivity contribution in [3.8, 4) is 0 Å². The Morgan fingerprint density at radius 3 is 2.58 bits per heavy atom. The molecule has 0 atom stereocenters. The summed E-state index contributed by atoms with van der Waals surface area (Å²) in [6.07, 6.45) is 7.82. The third kappa shape index (κ3) is 5.46. The molecule has 178 valence electrons. The third-order valence-corrected chi connectivity index (χ3v) is 6.98. The number of esters is 1. The van der Waals surface area contributed by atoms with E-state index in [1.165, 1.54) is 0 Å². The number of hydrogen-bond acceptors (Lipinski definition) is 5. The Kier molecular flexibility index (Phi) is 7.81. The summed E-state index contributed by atoms with van der Waals surface area (Å²) in [6, 6.07) is 8.14. The van der Waals surface area contributed by atoms with E-state index in [1.54, 1.807) is 13.1 Å². The van der Waals surface area contributed by atoms with E-state index in [2.05, 4.69) is 22.0 Å². The highest BCUT2D eigenvalue weighted by Crippen LogP contribution is 2.35. The van der Waals surface area contributed by atoms with Crippen molar-refractivity contribution in [3.05, 3.63) is 47.3 Å². The molecule has 7 heteroatoms. The molecule has 7 nitrogen and oxygen atoms in total. The summed E-state index contributed by atoms with van der Waals surface area (Å²) in [5, 5.41) is 7.12. The molecule has 1 amide bonds. The van der Waals surface area contributed by atoms with Gasteiger partial charge in [0.1, 0.15) is 5.56 Å². The van der Waals surface area contributed by atoms with E-state index < -0.39 is 0 Å². The second kappa shape index (κ2) is 11.0. The summed E-state index contributed by atoms with van der Waals surface area (Å²) in [6.45, 7) is 5.72. The first-order chi connectivity index (χ1) is 16.1. The fraction of sp³-hybridized carbons (Fsp3) is 0.577. The molecule has 0 bridgehead atoms. The number of para-hydroxylation sites is 1. The maximum Gasteiger partial charge on any atom is 0.341 e. The van der Waals surface area contributed by atoms with Crippen molar-refractivity contribution in [2.75, 3.05) is 24.7 Å². The van der Waals surface area contributed by atoms with Gasteiger partial charge in [-0.3, -0.25) is 9.89 Å². The van der Waals surface area contributed by atoms with Gasteiger partial charge in [0.2, 0.25) is 5.91 Å². The summed E-state index contributed by atoms with van der Waals surface area (Å²) in [5.74, 6) is 0.609. The first kappa shape index (κ1) is 23.5. The Labute approximate surface area is 195 Å². The standard InChI is InChI=1S/C26H35N3O4/c1-3-33-26(31)22-17-27-28-23(22)16-20-6-4-5-7-24(20)29(21-12-14-32-15-13-21)25(30)19-10-8-18(2)9-11-19/h4-7,17-19,21H,3,8-16H2,1-2H3,(H,27,28)/t18-,19-. The molecule has 1 N–H and O–H groups in total. The maximum absolute atomic E-state index is 13.9. The van der Waals surface area contributed by atoms with Crippen LogP contribution in [0.15, 0.2) is 30.5 Å². The number of benzene rings is 1. The van der Waals surface area contributed by atoms with Gasteiger partial charge in [-0.25, -0.2) is 4.79 Å². The number of nitrogens with zero attached hydrogens (tertiary/aromatic N) is 2. The molecule has 1 aromatic carbocycles. The van der Waals surface area contributed by atoms with Gasteiger partial charge in [0.15, 0.2) is 0 Å². The Morgan fingerprint density at radius 1 is 1.12 bits per heavy atom. The molecular formula is C26H35N3O4. The largest absolute Gasteiger partial charge is 0.462 e. The number of hydrogen-bond donors (Lipinski definition) is 1. The minimum Gasteiger partial charge on any atom is -0.462 e. The van der Waals surface area contributed by atoms with Crippen LogP contribution in [0.1, 0.15) is 74.0 Å². The topological polar surface area (TPSA) is 84.5 Å². The van der Waals surface area contributed by atoms with Gasteiger partial charge in [-0.05, 0) is 63.0 Å². The zero-order valence-corrected chi connectivity index (χ0v) is 19.7. The lowest BCUT2D eigenvalue weighted by atomic mass is 9.82. The molecule has 1 aliphatic heterocycles. The SMILES string of the molecule is CCOC(=O)c1c[nH]nc1Cc1ccccc1N(C(=O)[C@H]1CC[C@H](C)CC1)C1CCOCC1. The minimum atomic E-state index is -0.382. The molecule has 0 radical (unpaired) electrons. The lowest BCUT2D eigenvalue weighted by Gasteiger charge is -2.39. The van der Waals surface area contributed by atoms with Gasteiger partial charge >= 0.3 is 5.97 Å². The van der Waals surface area contributed by atoms with Gasteiger partial charge in [0.05, 0.1) is 12.3 Å². The molecular weight excluding hydrogens is 418 g/mol. The van der Waals surface area contributed by atoms with Crippen molar-refractivity contribution < 1.29 is 19.1 Å². The van der Waals surface area contributed by atoms with Crippen molar-refractivity contribution >= 4 is 17.6 Å². The number of carbonyl (C=O) groups excluding carboxylic acids is 2. The van der Waals surface area contributed by atoms with Crippen LogP contribution in [0.4, 0.5) is 5.69 Å². The van der Waals surface area contributed by atoms with E-state index in [-0.39, 0.29) is 23.8 Å². The molecule has 2 heterocycles. The summed E-state index contributed by atoms with van der Waals surface area (Å²) in [5.41, 5.74) is 2.98. The number of amides is 1. The molecule has 1 aliphatic carbocycles. The van der Waals surface area contributed by atoms with Crippen molar-refractivity contribution in [2.45, 2.75) is 64.8 Å². The zero-order chi connectivity index (χ0) is 23.2. The Morgan fingerprint density at radius 2 is 1.85 bits per heavy atom. The van der Waals surface area contributed by atoms with Crippen LogP contribution in [0, 0.1) is 11.8 Å². The van der Waals surface area contributed by atoms with E-state index in [9.17, 15) is 9.59 Å². The van der Waals surface area contributed by atoms with Gasteiger partial charge in [0, 0.05) is 43.5 Å². The molecule has 4 rings (SSSR count). The number of carbonyl (C=O) groups is 2. The number of nitrogens with one attached hydrogen (secondary N) is 1. The van der Waals surface area contributed by atoms with Gasteiger partial charge < -0.3 is 14.4 Å². The van der Waals surface area contributed by atoms with Crippen LogP contribution in [-0.4, -0.2) is 47.9 Å². The third-order valence-electron chi connectivity index (χ3n) is 6.98. The Hall–Kier alpha value is -2.67. The Balaban J connectivity index is 1.65. The molecule has 0 unspecified atom stereocenters. The highest BCUT2D eigenvalue weighted by molar-refractivity contribution is 5.96. The second-order valence-corrected chi connectivity index (χ2v) is 9.28. The normalized spacial score (nSPS) is 21.5. The van der Waals surface area contributed by atoms with Crippen LogP contribution in [0.5, 0.6) is 0 Å². The molecule has 2 fully saturated rings. The smallest absolute Gasteiger partial charge is 0.341 e. The van der Waals surface area contributed by atoms with E-state index in [0.29, 0.717) is 43.4 Å².